The molecule has 106 valence electrons. The number of carbonyl (C=O) groups is 1. The Labute approximate surface area is 110 Å². The molecule has 3 unspecified atom stereocenters. The SMILES string of the molecule is COC(=O)C(O)(C(C)C)C1CCOC(C(C)C)C1. The van der Waals surface area contributed by atoms with Crippen LogP contribution in [0, 0.1) is 17.8 Å². The Morgan fingerprint density at radius 3 is 2.44 bits per heavy atom. The van der Waals surface area contributed by atoms with Crippen molar-refractivity contribution in [2.45, 2.75) is 52.2 Å². The lowest BCUT2D eigenvalue weighted by atomic mass is 9.72. The number of aliphatic hydroxyl groups is 1. The highest BCUT2D eigenvalue weighted by Crippen LogP contribution is 2.37. The molecule has 1 aliphatic rings. The highest BCUT2D eigenvalue weighted by atomic mass is 16.5. The van der Waals surface area contributed by atoms with Crippen molar-refractivity contribution < 1.29 is 19.4 Å². The Bertz CT molecular complexity index is 288. The smallest absolute Gasteiger partial charge is 0.338 e. The maximum Gasteiger partial charge on any atom is 0.338 e. The van der Waals surface area contributed by atoms with E-state index in [2.05, 4.69) is 13.8 Å². The first-order valence-corrected chi connectivity index (χ1v) is 6.76. The van der Waals surface area contributed by atoms with Gasteiger partial charge in [0.2, 0.25) is 0 Å². The van der Waals surface area contributed by atoms with Gasteiger partial charge in [-0.2, -0.15) is 0 Å². The van der Waals surface area contributed by atoms with Gasteiger partial charge in [0.15, 0.2) is 5.60 Å². The van der Waals surface area contributed by atoms with E-state index in [0.29, 0.717) is 25.4 Å². The van der Waals surface area contributed by atoms with Crippen LogP contribution in [-0.4, -0.2) is 36.5 Å². The number of ether oxygens (including phenoxy) is 2. The lowest BCUT2D eigenvalue weighted by Gasteiger charge is -2.42. The zero-order valence-electron chi connectivity index (χ0n) is 12.1. The summed E-state index contributed by atoms with van der Waals surface area (Å²) in [7, 11) is 1.33. The number of methoxy groups -OCH3 is 1. The third kappa shape index (κ3) is 2.86. The van der Waals surface area contributed by atoms with Gasteiger partial charge in [-0.15, -0.1) is 0 Å². The molecule has 1 fully saturated rings. The summed E-state index contributed by atoms with van der Waals surface area (Å²) in [5, 5.41) is 10.8. The lowest BCUT2D eigenvalue weighted by molar-refractivity contribution is -0.184. The van der Waals surface area contributed by atoms with Crippen molar-refractivity contribution in [2.75, 3.05) is 13.7 Å². The first kappa shape index (κ1) is 15.4. The summed E-state index contributed by atoms with van der Waals surface area (Å²) in [6, 6.07) is 0. The van der Waals surface area contributed by atoms with Gasteiger partial charge in [-0.25, -0.2) is 4.79 Å². The fourth-order valence-electron chi connectivity index (χ4n) is 2.73. The molecule has 0 spiro atoms. The summed E-state index contributed by atoms with van der Waals surface area (Å²) in [5.41, 5.74) is -1.40. The molecule has 0 aliphatic carbocycles. The van der Waals surface area contributed by atoms with Crippen LogP contribution in [0.3, 0.4) is 0 Å². The summed E-state index contributed by atoms with van der Waals surface area (Å²) in [6.07, 6.45) is 1.52. The summed E-state index contributed by atoms with van der Waals surface area (Å²) in [4.78, 5) is 11.9. The maximum absolute atomic E-state index is 11.9. The van der Waals surface area contributed by atoms with Crippen LogP contribution in [-0.2, 0) is 14.3 Å². The van der Waals surface area contributed by atoms with Crippen molar-refractivity contribution in [2.24, 2.45) is 17.8 Å². The van der Waals surface area contributed by atoms with Gasteiger partial charge >= 0.3 is 5.97 Å². The van der Waals surface area contributed by atoms with Gasteiger partial charge in [0, 0.05) is 12.5 Å². The summed E-state index contributed by atoms with van der Waals surface area (Å²) < 4.78 is 10.5. The van der Waals surface area contributed by atoms with Gasteiger partial charge in [-0.05, 0) is 24.7 Å². The number of carbonyl (C=O) groups excluding carboxylic acids is 1. The van der Waals surface area contributed by atoms with E-state index >= 15 is 0 Å². The zero-order valence-corrected chi connectivity index (χ0v) is 12.1. The summed E-state index contributed by atoms with van der Waals surface area (Å²) in [5.74, 6) is -0.388. The van der Waals surface area contributed by atoms with Gasteiger partial charge in [0.25, 0.3) is 0 Å². The number of hydrogen-bond acceptors (Lipinski definition) is 4. The maximum atomic E-state index is 11.9. The van der Waals surface area contributed by atoms with Crippen LogP contribution in [0.4, 0.5) is 0 Å². The summed E-state index contributed by atoms with van der Waals surface area (Å²) in [6.45, 7) is 8.51. The van der Waals surface area contributed by atoms with Crippen molar-refractivity contribution in [3.63, 3.8) is 0 Å². The minimum Gasteiger partial charge on any atom is -0.467 e. The molecule has 0 bridgehead atoms. The van der Waals surface area contributed by atoms with Crippen LogP contribution >= 0.6 is 0 Å². The van der Waals surface area contributed by atoms with Gasteiger partial charge in [0.05, 0.1) is 13.2 Å². The quantitative estimate of drug-likeness (QED) is 0.784. The molecule has 0 aromatic carbocycles. The molecule has 0 aromatic rings. The highest BCUT2D eigenvalue weighted by Gasteiger charge is 2.49. The van der Waals surface area contributed by atoms with E-state index in [1.807, 2.05) is 13.8 Å². The Hall–Kier alpha value is -0.610. The van der Waals surface area contributed by atoms with Crippen LogP contribution in [0.25, 0.3) is 0 Å². The van der Waals surface area contributed by atoms with E-state index in [9.17, 15) is 9.90 Å². The van der Waals surface area contributed by atoms with Gasteiger partial charge in [-0.3, -0.25) is 0 Å². The second-order valence-electron chi connectivity index (χ2n) is 5.85. The van der Waals surface area contributed by atoms with E-state index in [-0.39, 0.29) is 17.9 Å². The van der Waals surface area contributed by atoms with Gasteiger partial charge in [-0.1, -0.05) is 27.7 Å². The molecule has 0 aromatic heterocycles. The van der Waals surface area contributed by atoms with Crippen molar-refractivity contribution in [1.29, 1.82) is 0 Å². The average Bonchev–Trinajstić information content (AvgIpc) is 2.36. The fourth-order valence-corrected chi connectivity index (χ4v) is 2.73. The first-order valence-electron chi connectivity index (χ1n) is 6.76. The van der Waals surface area contributed by atoms with Gasteiger partial charge < -0.3 is 14.6 Å². The highest BCUT2D eigenvalue weighted by molar-refractivity contribution is 5.80. The minimum absolute atomic E-state index is 0.0916. The van der Waals surface area contributed by atoms with Crippen LogP contribution < -0.4 is 0 Å². The lowest BCUT2D eigenvalue weighted by Crippen LogP contribution is -2.54. The Morgan fingerprint density at radius 2 is 2.00 bits per heavy atom. The largest absolute Gasteiger partial charge is 0.467 e. The van der Waals surface area contributed by atoms with E-state index in [4.69, 9.17) is 9.47 Å². The fraction of sp³-hybridized carbons (Fsp3) is 0.929. The molecule has 18 heavy (non-hydrogen) atoms. The Kier molecular flexibility index (Phi) is 5.17. The molecule has 1 aliphatic heterocycles. The topological polar surface area (TPSA) is 55.8 Å². The van der Waals surface area contributed by atoms with Crippen molar-refractivity contribution in [3.8, 4) is 0 Å². The molecule has 0 amide bonds. The molecule has 3 atom stereocenters. The minimum atomic E-state index is -1.40. The second kappa shape index (κ2) is 6.02. The molecule has 4 nitrogen and oxygen atoms in total. The van der Waals surface area contributed by atoms with Crippen LogP contribution in [0.2, 0.25) is 0 Å². The molecular weight excluding hydrogens is 232 g/mol. The van der Waals surface area contributed by atoms with E-state index < -0.39 is 11.6 Å². The van der Waals surface area contributed by atoms with Crippen LogP contribution in [0.15, 0.2) is 0 Å². The number of esters is 1. The molecule has 1 rings (SSSR count). The zero-order chi connectivity index (χ0) is 13.9. The monoisotopic (exact) mass is 258 g/mol. The third-order valence-corrected chi connectivity index (χ3v) is 4.07. The molecular formula is C14H26O4. The third-order valence-electron chi connectivity index (χ3n) is 4.07. The number of rotatable bonds is 4. The molecule has 4 heteroatoms. The van der Waals surface area contributed by atoms with Crippen molar-refractivity contribution >= 4 is 5.97 Å². The summed E-state index contributed by atoms with van der Waals surface area (Å²) >= 11 is 0. The Balaban J connectivity index is 2.89. The van der Waals surface area contributed by atoms with Crippen LogP contribution in [0.1, 0.15) is 40.5 Å². The Morgan fingerprint density at radius 1 is 1.39 bits per heavy atom. The van der Waals surface area contributed by atoms with E-state index in [1.165, 1.54) is 7.11 Å². The predicted molar refractivity (Wildman–Crippen MR) is 69.1 cm³/mol. The number of hydrogen-bond donors (Lipinski definition) is 1. The average molecular weight is 258 g/mol. The van der Waals surface area contributed by atoms with E-state index in [1.54, 1.807) is 0 Å². The standard InChI is InChI=1S/C14H26O4/c1-9(2)12-8-11(6-7-18-12)14(16,10(3)4)13(15)17-5/h9-12,16H,6-8H2,1-5H3. The van der Waals surface area contributed by atoms with Gasteiger partial charge in [0.1, 0.15) is 0 Å². The van der Waals surface area contributed by atoms with E-state index in [0.717, 1.165) is 0 Å². The second-order valence-corrected chi connectivity index (χ2v) is 5.85. The first-order chi connectivity index (χ1) is 8.33. The predicted octanol–water partition coefficient (Wildman–Crippen LogP) is 2.00. The molecule has 0 saturated carbocycles. The van der Waals surface area contributed by atoms with Crippen molar-refractivity contribution in [1.82, 2.24) is 0 Å². The normalized spacial score (nSPS) is 28.2. The molecule has 1 N–H and O–H groups in total. The van der Waals surface area contributed by atoms with Crippen LogP contribution in [0.5, 0.6) is 0 Å². The molecule has 0 radical (unpaired) electrons. The molecule has 1 saturated heterocycles. The molecule has 1 heterocycles. The van der Waals surface area contributed by atoms with Crippen molar-refractivity contribution in [3.05, 3.63) is 0 Å².